The summed E-state index contributed by atoms with van der Waals surface area (Å²) in [5.41, 5.74) is 0.109. The molecule has 4 heteroatoms. The topological polar surface area (TPSA) is 46.5 Å². The van der Waals surface area contributed by atoms with Crippen molar-refractivity contribution in [3.05, 3.63) is 0 Å². The van der Waals surface area contributed by atoms with Crippen molar-refractivity contribution in [1.29, 1.82) is 0 Å². The molecule has 1 aliphatic heterocycles. The van der Waals surface area contributed by atoms with E-state index in [1.807, 2.05) is 0 Å². The van der Waals surface area contributed by atoms with Crippen LogP contribution in [0.15, 0.2) is 0 Å². The van der Waals surface area contributed by atoms with E-state index < -0.39 is 0 Å². The van der Waals surface area contributed by atoms with Gasteiger partial charge in [-0.15, -0.1) is 0 Å². The minimum absolute atomic E-state index is 0.0367. The van der Waals surface area contributed by atoms with E-state index in [9.17, 15) is 9.90 Å². The molecule has 0 aromatic rings. The van der Waals surface area contributed by atoms with E-state index >= 15 is 0 Å². The van der Waals surface area contributed by atoms with Gasteiger partial charge in [-0.25, -0.2) is 0 Å². The molecule has 0 radical (unpaired) electrons. The summed E-state index contributed by atoms with van der Waals surface area (Å²) in [5, 5.41) is 10.2. The zero-order valence-corrected chi connectivity index (χ0v) is 13.4. The van der Waals surface area contributed by atoms with E-state index in [2.05, 4.69) is 29.5 Å². The van der Waals surface area contributed by atoms with Gasteiger partial charge in [0, 0.05) is 9.84 Å². The maximum absolute atomic E-state index is 12.3. The first-order valence-corrected chi connectivity index (χ1v) is 8.76. The zero-order chi connectivity index (χ0) is 13.4. The number of carbonyl (C=O) groups is 1. The average molecular weight is 376 g/mol. The molecular formula is C15H21IO3. The van der Waals surface area contributed by atoms with Gasteiger partial charge in [-0.05, 0) is 56.8 Å². The highest BCUT2D eigenvalue weighted by atomic mass is 127. The summed E-state index contributed by atoms with van der Waals surface area (Å²) in [6, 6.07) is 0. The highest BCUT2D eigenvalue weighted by Gasteiger charge is 2.71. The van der Waals surface area contributed by atoms with Gasteiger partial charge < -0.3 is 9.84 Å². The molecule has 1 saturated heterocycles. The molecule has 0 amide bonds. The SMILES string of the molecule is C[C@@]12CCC3[C@H](I)C[C@H](O)C[C@@H](C(=O)O1)C2C31CC1. The van der Waals surface area contributed by atoms with Gasteiger partial charge in [-0.3, -0.25) is 4.79 Å². The molecule has 2 bridgehead atoms. The van der Waals surface area contributed by atoms with Gasteiger partial charge in [-0.2, -0.15) is 0 Å². The van der Waals surface area contributed by atoms with Crippen LogP contribution in [-0.2, 0) is 9.53 Å². The van der Waals surface area contributed by atoms with Crippen molar-refractivity contribution < 1.29 is 14.6 Å². The average Bonchev–Trinajstić information content (AvgIpc) is 3.01. The van der Waals surface area contributed by atoms with Crippen molar-refractivity contribution in [2.24, 2.45) is 23.2 Å². The molecule has 6 atom stereocenters. The van der Waals surface area contributed by atoms with Gasteiger partial charge in [0.2, 0.25) is 0 Å². The van der Waals surface area contributed by atoms with Gasteiger partial charge in [0.15, 0.2) is 0 Å². The first-order valence-electron chi connectivity index (χ1n) is 7.51. The van der Waals surface area contributed by atoms with Gasteiger partial charge in [0.1, 0.15) is 5.60 Å². The Kier molecular flexibility index (Phi) is 2.62. The van der Waals surface area contributed by atoms with Crippen molar-refractivity contribution in [3.63, 3.8) is 0 Å². The summed E-state index contributed by atoms with van der Waals surface area (Å²) >= 11 is 2.54. The highest BCUT2D eigenvalue weighted by molar-refractivity contribution is 14.1. The summed E-state index contributed by atoms with van der Waals surface area (Å²) in [6.07, 6.45) is 5.84. The lowest BCUT2D eigenvalue weighted by Crippen LogP contribution is -2.51. The number of halogens is 1. The third-order valence-corrected chi connectivity index (χ3v) is 7.67. The molecule has 3 saturated carbocycles. The molecule has 106 valence electrons. The van der Waals surface area contributed by atoms with Crippen LogP contribution in [0.2, 0.25) is 0 Å². The maximum Gasteiger partial charge on any atom is 0.310 e. The van der Waals surface area contributed by atoms with Crippen LogP contribution >= 0.6 is 22.6 Å². The molecule has 1 spiro atoms. The molecule has 19 heavy (non-hydrogen) atoms. The van der Waals surface area contributed by atoms with Crippen LogP contribution in [0.3, 0.4) is 0 Å². The fraction of sp³-hybridized carbons (Fsp3) is 0.933. The lowest BCUT2D eigenvalue weighted by molar-refractivity contribution is -0.152. The molecule has 3 nitrogen and oxygen atoms in total. The summed E-state index contributed by atoms with van der Waals surface area (Å²) in [5.74, 6) is 0.955. The Morgan fingerprint density at radius 3 is 2.74 bits per heavy atom. The van der Waals surface area contributed by atoms with E-state index in [4.69, 9.17) is 4.74 Å². The molecule has 2 unspecified atom stereocenters. The Hall–Kier alpha value is 0.160. The molecule has 4 aliphatic rings. The Morgan fingerprint density at radius 2 is 2.05 bits per heavy atom. The largest absolute Gasteiger partial charge is 0.459 e. The van der Waals surface area contributed by atoms with Gasteiger partial charge in [0.05, 0.1) is 12.0 Å². The number of hydrogen-bond donors (Lipinski definition) is 1. The number of esters is 1. The lowest BCUT2D eigenvalue weighted by Gasteiger charge is -2.49. The monoisotopic (exact) mass is 376 g/mol. The van der Waals surface area contributed by atoms with Gasteiger partial charge in [-0.1, -0.05) is 22.6 Å². The molecule has 1 heterocycles. The van der Waals surface area contributed by atoms with Gasteiger partial charge in [0.25, 0.3) is 0 Å². The predicted molar refractivity (Wildman–Crippen MR) is 78.9 cm³/mol. The zero-order valence-electron chi connectivity index (χ0n) is 11.3. The van der Waals surface area contributed by atoms with Crippen molar-refractivity contribution in [2.45, 2.75) is 61.1 Å². The Balaban J connectivity index is 1.81. The Labute approximate surface area is 127 Å². The van der Waals surface area contributed by atoms with Crippen LogP contribution in [-0.4, -0.2) is 26.7 Å². The number of aliphatic hydroxyl groups excluding tert-OH is 1. The van der Waals surface area contributed by atoms with Crippen LogP contribution in [0, 0.1) is 23.2 Å². The minimum Gasteiger partial charge on any atom is -0.459 e. The molecule has 4 rings (SSSR count). The first kappa shape index (κ1) is 12.9. The van der Waals surface area contributed by atoms with E-state index in [-0.39, 0.29) is 23.6 Å². The molecule has 0 aromatic carbocycles. The Bertz CT molecular complexity index is 433. The van der Waals surface area contributed by atoms with Crippen LogP contribution in [0.25, 0.3) is 0 Å². The smallest absolute Gasteiger partial charge is 0.310 e. The van der Waals surface area contributed by atoms with Crippen molar-refractivity contribution >= 4 is 28.6 Å². The summed E-state index contributed by atoms with van der Waals surface area (Å²) < 4.78 is 6.35. The highest BCUT2D eigenvalue weighted by Crippen LogP contribution is 2.71. The second kappa shape index (κ2) is 3.87. The number of alkyl halides is 1. The summed E-state index contributed by atoms with van der Waals surface area (Å²) in [4.78, 5) is 12.3. The normalized spacial score (nSPS) is 54.5. The Morgan fingerprint density at radius 1 is 1.32 bits per heavy atom. The molecular weight excluding hydrogens is 355 g/mol. The fourth-order valence-electron chi connectivity index (χ4n) is 5.52. The third kappa shape index (κ3) is 1.62. The lowest BCUT2D eigenvalue weighted by atomic mass is 9.56. The standard InChI is InChI=1S/C15H21IO3/c1-14-3-2-10-11(16)7-8(17)6-9(13(18)19-14)12(14)15(10)4-5-15/h8-12,17H,2-7H2,1H3/t8-,9-,10?,11-,12?,14+/m1/s1. The number of rotatable bonds is 0. The first-order chi connectivity index (χ1) is 8.96. The van der Waals surface area contributed by atoms with E-state index in [0.29, 0.717) is 27.6 Å². The van der Waals surface area contributed by atoms with E-state index in [1.54, 1.807) is 0 Å². The van der Waals surface area contributed by atoms with Crippen LogP contribution < -0.4 is 0 Å². The number of aliphatic hydroxyl groups is 1. The third-order valence-electron chi connectivity index (χ3n) is 6.29. The number of carbonyl (C=O) groups excluding carboxylic acids is 1. The summed E-state index contributed by atoms with van der Waals surface area (Å²) in [7, 11) is 0. The summed E-state index contributed by atoms with van der Waals surface area (Å²) in [6.45, 7) is 2.14. The predicted octanol–water partition coefficient (Wildman–Crippen LogP) is 2.68. The molecule has 3 aliphatic carbocycles. The maximum atomic E-state index is 12.3. The van der Waals surface area contributed by atoms with Crippen molar-refractivity contribution in [2.75, 3.05) is 0 Å². The quantitative estimate of drug-likeness (QED) is 0.402. The van der Waals surface area contributed by atoms with Crippen LogP contribution in [0.4, 0.5) is 0 Å². The van der Waals surface area contributed by atoms with E-state index in [1.165, 1.54) is 12.8 Å². The van der Waals surface area contributed by atoms with Crippen molar-refractivity contribution in [3.8, 4) is 0 Å². The van der Waals surface area contributed by atoms with Gasteiger partial charge >= 0.3 is 5.97 Å². The van der Waals surface area contributed by atoms with E-state index in [0.717, 1.165) is 19.3 Å². The molecule has 0 aromatic heterocycles. The van der Waals surface area contributed by atoms with Crippen LogP contribution in [0.5, 0.6) is 0 Å². The second-order valence-electron chi connectivity index (χ2n) is 7.34. The fourth-order valence-corrected chi connectivity index (χ4v) is 7.18. The van der Waals surface area contributed by atoms with Crippen LogP contribution in [0.1, 0.15) is 45.4 Å². The number of hydrogen-bond acceptors (Lipinski definition) is 3. The molecule has 4 fully saturated rings. The van der Waals surface area contributed by atoms with Crippen molar-refractivity contribution in [1.82, 2.24) is 0 Å². The molecule has 1 N–H and O–H groups in total. The number of ether oxygens (including phenoxy) is 1. The minimum atomic E-state index is -0.332. The second-order valence-corrected chi connectivity index (χ2v) is 8.94.